The molecule has 1 atom stereocenters. The molecule has 21 heavy (non-hydrogen) atoms. The predicted molar refractivity (Wildman–Crippen MR) is 86.0 cm³/mol. The molecule has 1 unspecified atom stereocenters. The maximum Gasteiger partial charge on any atom is 0.131 e. The van der Waals surface area contributed by atoms with Crippen molar-refractivity contribution in [3.63, 3.8) is 0 Å². The van der Waals surface area contributed by atoms with Crippen LogP contribution in [0.3, 0.4) is 0 Å². The van der Waals surface area contributed by atoms with Gasteiger partial charge in [0.05, 0.1) is 34.8 Å². The molecule has 0 bridgehead atoms. The first-order valence-electron chi connectivity index (χ1n) is 6.60. The maximum absolute atomic E-state index is 9.86. The first-order chi connectivity index (χ1) is 10.1. The zero-order valence-electron chi connectivity index (χ0n) is 11.7. The number of furan rings is 1. The van der Waals surface area contributed by atoms with Gasteiger partial charge in [0.25, 0.3) is 0 Å². The Kier molecular flexibility index (Phi) is 3.89. The summed E-state index contributed by atoms with van der Waals surface area (Å²) in [6.07, 6.45) is 1.13. The summed E-state index contributed by atoms with van der Waals surface area (Å²) in [6.45, 7) is 4.29. The highest BCUT2D eigenvalue weighted by molar-refractivity contribution is 7.20. The highest BCUT2D eigenvalue weighted by Crippen LogP contribution is 2.39. The van der Waals surface area contributed by atoms with Crippen LogP contribution in [0.15, 0.2) is 28.9 Å². The van der Waals surface area contributed by atoms with Crippen LogP contribution in [0.5, 0.6) is 0 Å². The van der Waals surface area contributed by atoms with Crippen LogP contribution in [0.4, 0.5) is 5.69 Å². The summed E-state index contributed by atoms with van der Waals surface area (Å²) in [7, 11) is 0. The number of hydrogen-bond acceptors (Lipinski definition) is 5. The summed E-state index contributed by atoms with van der Waals surface area (Å²) in [6, 6.07) is 5.56. The molecule has 3 rings (SSSR count). The van der Waals surface area contributed by atoms with E-state index < -0.39 is 6.10 Å². The molecule has 6 heteroatoms. The largest absolute Gasteiger partial charge is 0.467 e. The lowest BCUT2D eigenvalue weighted by molar-refractivity contribution is 0.202. The smallest absolute Gasteiger partial charge is 0.131 e. The number of pyridine rings is 1. The van der Waals surface area contributed by atoms with Crippen LogP contribution in [0.25, 0.3) is 10.2 Å². The number of aromatic nitrogens is 1. The van der Waals surface area contributed by atoms with Gasteiger partial charge >= 0.3 is 0 Å². The highest BCUT2D eigenvalue weighted by atomic mass is 35.5. The number of nitrogens with zero attached hydrogens (tertiary/aromatic N) is 1. The van der Waals surface area contributed by atoms with Gasteiger partial charge in [0.15, 0.2) is 0 Å². The van der Waals surface area contributed by atoms with Crippen molar-refractivity contribution in [1.29, 1.82) is 0 Å². The molecular weight excluding hydrogens is 308 g/mol. The van der Waals surface area contributed by atoms with Crippen LogP contribution in [-0.2, 0) is 6.54 Å². The van der Waals surface area contributed by atoms with Gasteiger partial charge in [-0.2, -0.15) is 0 Å². The third-order valence-electron chi connectivity index (χ3n) is 3.29. The number of aliphatic hydroxyl groups excluding tert-OH is 1. The van der Waals surface area contributed by atoms with Crippen LogP contribution < -0.4 is 5.32 Å². The fraction of sp³-hybridized carbons (Fsp3) is 0.267. The van der Waals surface area contributed by atoms with E-state index in [1.165, 1.54) is 0 Å². The Balaban J connectivity index is 2.02. The van der Waals surface area contributed by atoms with Crippen molar-refractivity contribution in [2.24, 2.45) is 0 Å². The van der Waals surface area contributed by atoms with Gasteiger partial charge in [-0.05, 0) is 31.5 Å². The number of fused-ring (bicyclic) bond motifs is 1. The number of thiophene rings is 1. The van der Waals surface area contributed by atoms with Crippen molar-refractivity contribution >= 4 is 38.8 Å². The van der Waals surface area contributed by atoms with E-state index in [0.29, 0.717) is 11.7 Å². The fourth-order valence-corrected chi connectivity index (χ4v) is 3.66. The monoisotopic (exact) mass is 322 g/mol. The lowest BCUT2D eigenvalue weighted by atomic mass is 10.2. The van der Waals surface area contributed by atoms with Crippen molar-refractivity contribution < 1.29 is 9.52 Å². The minimum atomic E-state index is -0.513. The lowest BCUT2D eigenvalue weighted by Crippen LogP contribution is -1.98. The van der Waals surface area contributed by atoms with Crippen molar-refractivity contribution in [3.05, 3.63) is 45.8 Å². The van der Waals surface area contributed by atoms with E-state index in [-0.39, 0.29) is 0 Å². The van der Waals surface area contributed by atoms with Crippen molar-refractivity contribution in [3.8, 4) is 0 Å². The second-order valence-corrected chi connectivity index (χ2v) is 6.31. The SMILES string of the molecule is Cc1c(C(C)O)sc2c(NCc3ccco3)cc(Cl)nc12. The molecule has 0 amide bonds. The molecule has 0 saturated heterocycles. The van der Waals surface area contributed by atoms with Crippen LogP contribution in [-0.4, -0.2) is 10.1 Å². The van der Waals surface area contributed by atoms with Gasteiger partial charge in [0, 0.05) is 10.9 Å². The van der Waals surface area contributed by atoms with E-state index in [9.17, 15) is 5.11 Å². The first kappa shape index (κ1) is 14.4. The molecule has 0 saturated carbocycles. The van der Waals surface area contributed by atoms with Crippen LogP contribution in [0, 0.1) is 6.92 Å². The molecule has 2 N–H and O–H groups in total. The predicted octanol–water partition coefficient (Wildman–Crippen LogP) is 4.52. The molecule has 4 nitrogen and oxygen atoms in total. The Bertz CT molecular complexity index is 766. The van der Waals surface area contributed by atoms with Crippen molar-refractivity contribution in [2.75, 3.05) is 5.32 Å². The lowest BCUT2D eigenvalue weighted by Gasteiger charge is -2.06. The number of aryl methyl sites for hydroxylation is 1. The molecule has 0 aliphatic carbocycles. The number of hydrogen-bond donors (Lipinski definition) is 2. The summed E-state index contributed by atoms with van der Waals surface area (Å²) < 4.78 is 6.32. The van der Waals surface area contributed by atoms with E-state index in [1.54, 1.807) is 30.6 Å². The molecule has 0 spiro atoms. The highest BCUT2D eigenvalue weighted by Gasteiger charge is 2.17. The van der Waals surface area contributed by atoms with E-state index in [2.05, 4.69) is 10.3 Å². The molecular formula is C15H15ClN2O2S. The van der Waals surface area contributed by atoms with E-state index >= 15 is 0 Å². The van der Waals surface area contributed by atoms with Crippen molar-refractivity contribution in [2.45, 2.75) is 26.5 Å². The molecule has 0 aliphatic rings. The zero-order valence-corrected chi connectivity index (χ0v) is 13.3. The summed E-state index contributed by atoms with van der Waals surface area (Å²) in [5.41, 5.74) is 2.72. The minimum Gasteiger partial charge on any atom is -0.467 e. The first-order valence-corrected chi connectivity index (χ1v) is 7.79. The third kappa shape index (κ3) is 2.77. The van der Waals surface area contributed by atoms with Gasteiger partial charge in [0.1, 0.15) is 10.9 Å². The number of anilines is 1. The van der Waals surface area contributed by atoms with Crippen LogP contribution >= 0.6 is 22.9 Å². The van der Waals surface area contributed by atoms with Crippen LogP contribution in [0.1, 0.15) is 29.2 Å². The third-order valence-corrected chi connectivity index (χ3v) is 4.97. The van der Waals surface area contributed by atoms with Gasteiger partial charge in [-0.25, -0.2) is 4.98 Å². The van der Waals surface area contributed by atoms with Crippen LogP contribution in [0.2, 0.25) is 5.15 Å². The molecule has 0 aromatic carbocycles. The normalized spacial score (nSPS) is 12.8. The Hall–Kier alpha value is -1.56. The Morgan fingerprint density at radius 3 is 3.00 bits per heavy atom. The standard InChI is InChI=1S/C15H15ClN2O2S/c1-8-13-15(21-14(8)9(2)19)11(6-12(16)18-13)17-7-10-4-3-5-20-10/h3-6,9,19H,7H2,1-2H3,(H,17,18). The van der Waals surface area contributed by atoms with E-state index in [1.807, 2.05) is 19.1 Å². The summed E-state index contributed by atoms with van der Waals surface area (Å²) in [5, 5.41) is 13.6. The Morgan fingerprint density at radius 1 is 1.52 bits per heavy atom. The zero-order chi connectivity index (χ0) is 15.0. The van der Waals surface area contributed by atoms with Gasteiger partial charge in [-0.15, -0.1) is 11.3 Å². The van der Waals surface area contributed by atoms with E-state index in [0.717, 1.165) is 32.1 Å². The molecule has 0 radical (unpaired) electrons. The summed E-state index contributed by atoms with van der Waals surface area (Å²) in [5.74, 6) is 0.847. The molecule has 3 aromatic rings. The molecule has 3 heterocycles. The molecule has 0 fully saturated rings. The summed E-state index contributed by atoms with van der Waals surface area (Å²) >= 11 is 7.65. The quantitative estimate of drug-likeness (QED) is 0.693. The van der Waals surface area contributed by atoms with E-state index in [4.69, 9.17) is 16.0 Å². The second-order valence-electron chi connectivity index (χ2n) is 4.87. The van der Waals surface area contributed by atoms with Gasteiger partial charge in [-0.3, -0.25) is 0 Å². The maximum atomic E-state index is 9.86. The number of halogens is 1. The van der Waals surface area contributed by atoms with Crippen molar-refractivity contribution in [1.82, 2.24) is 4.98 Å². The summed E-state index contributed by atoms with van der Waals surface area (Å²) in [4.78, 5) is 5.30. The molecule has 110 valence electrons. The second kappa shape index (κ2) is 5.67. The molecule has 3 aromatic heterocycles. The van der Waals surface area contributed by atoms with Gasteiger partial charge in [0.2, 0.25) is 0 Å². The fourth-order valence-electron chi connectivity index (χ4n) is 2.29. The Labute approximate surface area is 131 Å². The average molecular weight is 323 g/mol. The minimum absolute atomic E-state index is 0.433. The number of rotatable bonds is 4. The molecule has 0 aliphatic heterocycles. The Morgan fingerprint density at radius 2 is 2.33 bits per heavy atom. The van der Waals surface area contributed by atoms with Gasteiger partial charge in [-0.1, -0.05) is 11.6 Å². The topological polar surface area (TPSA) is 58.3 Å². The number of aliphatic hydroxyl groups is 1. The van der Waals surface area contributed by atoms with Gasteiger partial charge < -0.3 is 14.8 Å². The average Bonchev–Trinajstić information content (AvgIpc) is 3.05. The number of nitrogens with one attached hydrogen (secondary N) is 1.